The van der Waals surface area contributed by atoms with Gasteiger partial charge in [-0.25, -0.2) is 14.1 Å². The van der Waals surface area contributed by atoms with Crippen molar-refractivity contribution in [1.29, 1.82) is 0 Å². The van der Waals surface area contributed by atoms with Gasteiger partial charge in [0, 0.05) is 30.4 Å². The number of rotatable bonds is 6. The van der Waals surface area contributed by atoms with E-state index in [0.717, 1.165) is 18.7 Å². The summed E-state index contributed by atoms with van der Waals surface area (Å²) in [5.41, 5.74) is 1.67. The molecule has 20 heavy (non-hydrogen) atoms. The average molecular weight is 274 g/mol. The molecule has 1 fully saturated rings. The molecule has 1 saturated carbocycles. The molecule has 2 aromatic rings. The maximum atomic E-state index is 14.4. The second kappa shape index (κ2) is 5.71. The molecule has 0 unspecified atom stereocenters. The lowest BCUT2D eigenvalue weighted by Crippen LogP contribution is -2.16. The third kappa shape index (κ3) is 2.72. The van der Waals surface area contributed by atoms with Crippen molar-refractivity contribution >= 4 is 0 Å². The van der Waals surface area contributed by atoms with Gasteiger partial charge in [-0.2, -0.15) is 5.10 Å². The van der Waals surface area contributed by atoms with E-state index >= 15 is 0 Å². The number of nitrogens with zero attached hydrogens (tertiary/aromatic N) is 3. The Balaban J connectivity index is 1.82. The molecule has 0 aromatic carbocycles. The Hall–Kier alpha value is -1.75. The van der Waals surface area contributed by atoms with Gasteiger partial charge >= 0.3 is 0 Å². The molecule has 3 rings (SSSR count). The van der Waals surface area contributed by atoms with Crippen LogP contribution in [0.5, 0.6) is 0 Å². The van der Waals surface area contributed by atoms with Gasteiger partial charge < -0.3 is 5.32 Å². The number of hydrogen-bond acceptors (Lipinski definition) is 3. The van der Waals surface area contributed by atoms with Crippen LogP contribution in [0.4, 0.5) is 4.39 Å². The Bertz CT molecular complexity index is 589. The highest BCUT2D eigenvalue weighted by Crippen LogP contribution is 2.39. The van der Waals surface area contributed by atoms with Crippen LogP contribution in [0, 0.1) is 5.82 Å². The van der Waals surface area contributed by atoms with Crippen LogP contribution in [0.2, 0.25) is 0 Å². The third-order valence-electron chi connectivity index (χ3n) is 3.52. The normalized spacial score (nSPS) is 14.7. The molecule has 4 nitrogen and oxygen atoms in total. The second-order valence-corrected chi connectivity index (χ2v) is 5.24. The van der Waals surface area contributed by atoms with Gasteiger partial charge in [0.25, 0.3) is 0 Å². The molecule has 2 heterocycles. The highest BCUT2D eigenvalue weighted by Gasteiger charge is 2.26. The monoisotopic (exact) mass is 274 g/mol. The standard InChI is InChI=1S/C15H19FN4/c1-2-7-17-10-12-5-8-18-15(14(12)16)20-9-6-13(19-20)11-3-4-11/h5-6,8-9,11,17H,2-4,7,10H2,1H3. The van der Waals surface area contributed by atoms with Crippen LogP contribution in [0.25, 0.3) is 5.82 Å². The van der Waals surface area contributed by atoms with Gasteiger partial charge in [0.15, 0.2) is 11.6 Å². The third-order valence-corrected chi connectivity index (χ3v) is 3.52. The van der Waals surface area contributed by atoms with Crippen LogP contribution >= 0.6 is 0 Å². The highest BCUT2D eigenvalue weighted by atomic mass is 19.1. The molecule has 0 amide bonds. The van der Waals surface area contributed by atoms with Crippen molar-refractivity contribution in [3.8, 4) is 5.82 Å². The minimum absolute atomic E-state index is 0.285. The molecule has 0 aliphatic heterocycles. The molecule has 1 aliphatic carbocycles. The fourth-order valence-electron chi connectivity index (χ4n) is 2.22. The quantitative estimate of drug-likeness (QED) is 0.824. The van der Waals surface area contributed by atoms with E-state index in [9.17, 15) is 4.39 Å². The molecule has 0 radical (unpaired) electrons. The summed E-state index contributed by atoms with van der Waals surface area (Å²) in [7, 11) is 0. The predicted octanol–water partition coefficient (Wildman–Crippen LogP) is 2.78. The zero-order valence-electron chi connectivity index (χ0n) is 11.6. The fraction of sp³-hybridized carbons (Fsp3) is 0.467. The number of aromatic nitrogens is 3. The van der Waals surface area contributed by atoms with Gasteiger partial charge in [-0.05, 0) is 37.9 Å². The summed E-state index contributed by atoms with van der Waals surface area (Å²) in [5, 5.41) is 7.64. The molecule has 2 aromatic heterocycles. The largest absolute Gasteiger partial charge is 0.313 e. The highest BCUT2D eigenvalue weighted by molar-refractivity contribution is 5.30. The molecule has 0 atom stereocenters. The topological polar surface area (TPSA) is 42.7 Å². The van der Waals surface area contributed by atoms with Crippen molar-refractivity contribution in [2.75, 3.05) is 6.54 Å². The van der Waals surface area contributed by atoms with E-state index in [0.29, 0.717) is 18.0 Å². The lowest BCUT2D eigenvalue weighted by atomic mass is 10.2. The van der Waals surface area contributed by atoms with E-state index in [1.165, 1.54) is 12.8 Å². The van der Waals surface area contributed by atoms with Crippen LogP contribution in [-0.4, -0.2) is 21.3 Å². The van der Waals surface area contributed by atoms with Crippen LogP contribution in [0.15, 0.2) is 24.5 Å². The summed E-state index contributed by atoms with van der Waals surface area (Å²) >= 11 is 0. The first-order valence-corrected chi connectivity index (χ1v) is 7.19. The minimum atomic E-state index is -0.290. The second-order valence-electron chi connectivity index (χ2n) is 5.24. The first kappa shape index (κ1) is 13.2. The van der Waals surface area contributed by atoms with Gasteiger partial charge in [-0.15, -0.1) is 0 Å². The van der Waals surface area contributed by atoms with Crippen LogP contribution in [0.3, 0.4) is 0 Å². The van der Waals surface area contributed by atoms with E-state index in [2.05, 4.69) is 22.3 Å². The van der Waals surface area contributed by atoms with Crippen molar-refractivity contribution in [3.63, 3.8) is 0 Å². The Kier molecular flexibility index (Phi) is 3.78. The van der Waals surface area contributed by atoms with Crippen LogP contribution in [0.1, 0.15) is 43.4 Å². The van der Waals surface area contributed by atoms with Gasteiger partial charge in [-0.1, -0.05) is 6.92 Å². The summed E-state index contributed by atoms with van der Waals surface area (Å²) in [4.78, 5) is 4.13. The summed E-state index contributed by atoms with van der Waals surface area (Å²) in [6.45, 7) is 3.49. The molecule has 1 N–H and O–H groups in total. The summed E-state index contributed by atoms with van der Waals surface area (Å²) < 4.78 is 16.0. The number of halogens is 1. The molecule has 0 bridgehead atoms. The maximum absolute atomic E-state index is 14.4. The van der Waals surface area contributed by atoms with Crippen molar-refractivity contribution < 1.29 is 4.39 Å². The SMILES string of the molecule is CCCNCc1ccnc(-n2ccc(C3CC3)n2)c1F. The van der Waals surface area contributed by atoms with E-state index in [-0.39, 0.29) is 11.6 Å². The Morgan fingerprint density at radius 2 is 2.25 bits per heavy atom. The fourth-order valence-corrected chi connectivity index (χ4v) is 2.22. The first-order valence-electron chi connectivity index (χ1n) is 7.19. The molecule has 0 saturated heterocycles. The summed E-state index contributed by atoms with van der Waals surface area (Å²) in [6.07, 6.45) is 6.84. The van der Waals surface area contributed by atoms with Crippen LogP contribution in [-0.2, 0) is 6.54 Å². The average Bonchev–Trinajstić information content (AvgIpc) is 3.19. The lowest BCUT2D eigenvalue weighted by molar-refractivity contribution is 0.566. The Morgan fingerprint density at radius 1 is 1.40 bits per heavy atom. The van der Waals surface area contributed by atoms with Gasteiger partial charge in [0.1, 0.15) is 0 Å². The van der Waals surface area contributed by atoms with Gasteiger partial charge in [0.2, 0.25) is 0 Å². The Morgan fingerprint density at radius 3 is 3.00 bits per heavy atom. The molecular formula is C15H19FN4. The maximum Gasteiger partial charge on any atom is 0.190 e. The van der Waals surface area contributed by atoms with E-state index in [1.807, 2.05) is 6.07 Å². The summed E-state index contributed by atoms with van der Waals surface area (Å²) in [5.74, 6) is 0.558. The summed E-state index contributed by atoms with van der Waals surface area (Å²) in [6, 6.07) is 3.67. The molecule has 106 valence electrons. The van der Waals surface area contributed by atoms with Crippen molar-refractivity contribution in [2.24, 2.45) is 0 Å². The van der Waals surface area contributed by atoms with E-state index < -0.39 is 0 Å². The zero-order chi connectivity index (χ0) is 13.9. The molecule has 1 aliphatic rings. The zero-order valence-corrected chi connectivity index (χ0v) is 11.6. The lowest BCUT2D eigenvalue weighted by Gasteiger charge is -2.08. The van der Waals surface area contributed by atoms with Gasteiger partial charge in [0.05, 0.1) is 5.69 Å². The van der Waals surface area contributed by atoms with Gasteiger partial charge in [-0.3, -0.25) is 0 Å². The Labute approximate surface area is 118 Å². The van der Waals surface area contributed by atoms with Crippen molar-refractivity contribution in [1.82, 2.24) is 20.1 Å². The van der Waals surface area contributed by atoms with Crippen molar-refractivity contribution in [3.05, 3.63) is 41.6 Å². The molecule has 5 heteroatoms. The van der Waals surface area contributed by atoms with Crippen molar-refractivity contribution in [2.45, 2.75) is 38.6 Å². The molecule has 0 spiro atoms. The van der Waals surface area contributed by atoms with E-state index in [4.69, 9.17) is 0 Å². The minimum Gasteiger partial charge on any atom is -0.313 e. The predicted molar refractivity (Wildman–Crippen MR) is 75.3 cm³/mol. The number of nitrogens with one attached hydrogen (secondary N) is 1. The van der Waals surface area contributed by atoms with Crippen LogP contribution < -0.4 is 5.32 Å². The smallest absolute Gasteiger partial charge is 0.190 e. The first-order chi connectivity index (χ1) is 9.79. The number of hydrogen-bond donors (Lipinski definition) is 1. The van der Waals surface area contributed by atoms with E-state index in [1.54, 1.807) is 23.1 Å². The number of pyridine rings is 1. The molecular weight excluding hydrogens is 255 g/mol.